The molecule has 0 saturated heterocycles. The van der Waals surface area contributed by atoms with E-state index in [1.54, 1.807) is 12.1 Å². The molecule has 0 bridgehead atoms. The summed E-state index contributed by atoms with van der Waals surface area (Å²) in [5.74, 6) is -0.577. The lowest BCUT2D eigenvalue weighted by Crippen LogP contribution is -2.44. The first-order valence-corrected chi connectivity index (χ1v) is 8.48. The molecule has 1 aromatic carbocycles. The van der Waals surface area contributed by atoms with E-state index in [0.717, 1.165) is 19.3 Å². The molecule has 1 saturated carbocycles. The number of aliphatic carboxylic acids is 1. The summed E-state index contributed by atoms with van der Waals surface area (Å²) in [5, 5.41) is 12.2. The predicted molar refractivity (Wildman–Crippen MR) is 89.2 cm³/mol. The summed E-state index contributed by atoms with van der Waals surface area (Å²) in [7, 11) is 0. The van der Waals surface area contributed by atoms with Gasteiger partial charge >= 0.3 is 5.97 Å². The van der Waals surface area contributed by atoms with Crippen LogP contribution in [-0.2, 0) is 9.59 Å². The van der Waals surface area contributed by atoms with Gasteiger partial charge in [0.2, 0.25) is 0 Å². The molecule has 0 unspecified atom stereocenters. The first kappa shape index (κ1) is 18.1. The fourth-order valence-electron chi connectivity index (χ4n) is 3.01. The Balaban J connectivity index is 1.91. The van der Waals surface area contributed by atoms with E-state index in [-0.39, 0.29) is 18.6 Å². The van der Waals surface area contributed by atoms with E-state index in [9.17, 15) is 14.7 Å². The van der Waals surface area contributed by atoms with Crippen LogP contribution in [0.1, 0.15) is 39.0 Å². The van der Waals surface area contributed by atoms with Gasteiger partial charge in [-0.15, -0.1) is 0 Å². The van der Waals surface area contributed by atoms with Gasteiger partial charge in [0.1, 0.15) is 0 Å². The van der Waals surface area contributed by atoms with Crippen LogP contribution in [-0.4, -0.2) is 36.2 Å². The fraction of sp³-hybridized carbons (Fsp3) is 0.556. The molecule has 2 N–H and O–H groups in total. The third kappa shape index (κ3) is 5.15. The van der Waals surface area contributed by atoms with Crippen molar-refractivity contribution in [1.82, 2.24) is 5.32 Å². The van der Waals surface area contributed by atoms with Gasteiger partial charge in [-0.05, 0) is 31.9 Å². The molecule has 1 amide bonds. The Morgan fingerprint density at radius 1 is 1.12 bits per heavy atom. The maximum atomic E-state index is 12.2. The highest BCUT2D eigenvalue weighted by molar-refractivity contribution is 5.79. The van der Waals surface area contributed by atoms with Crippen molar-refractivity contribution in [2.45, 2.75) is 45.1 Å². The molecule has 1 aromatic rings. The van der Waals surface area contributed by atoms with E-state index in [1.165, 1.54) is 0 Å². The molecule has 2 rings (SSSR count). The van der Waals surface area contributed by atoms with Crippen molar-refractivity contribution in [2.75, 3.05) is 13.2 Å². The normalized spacial score (nSPS) is 20.7. The monoisotopic (exact) mass is 335 g/mol. The number of rotatable bonds is 7. The number of carboxylic acids is 1. The highest BCUT2D eigenvalue weighted by Gasteiger charge is 2.30. The van der Waals surface area contributed by atoms with Crippen LogP contribution >= 0.6 is 0 Å². The summed E-state index contributed by atoms with van der Waals surface area (Å²) < 4.78 is 11.0. The number of carbonyl (C=O) groups is 2. The average molecular weight is 335 g/mol. The number of amides is 1. The van der Waals surface area contributed by atoms with Crippen molar-refractivity contribution in [2.24, 2.45) is 5.92 Å². The quantitative estimate of drug-likeness (QED) is 0.748. The molecule has 0 aliphatic heterocycles. The summed E-state index contributed by atoms with van der Waals surface area (Å²) in [6.45, 7) is 2.23. The van der Waals surface area contributed by atoms with Gasteiger partial charge in [-0.3, -0.25) is 9.59 Å². The molecular weight excluding hydrogens is 310 g/mol. The molecule has 1 aliphatic rings. The second-order valence-electron chi connectivity index (χ2n) is 5.93. The first-order valence-electron chi connectivity index (χ1n) is 8.48. The lowest BCUT2D eigenvalue weighted by molar-refractivity contribution is -0.143. The number of ether oxygens (including phenoxy) is 2. The van der Waals surface area contributed by atoms with E-state index in [2.05, 4.69) is 5.32 Å². The van der Waals surface area contributed by atoms with Crippen LogP contribution in [0.25, 0.3) is 0 Å². The molecule has 0 aromatic heterocycles. The van der Waals surface area contributed by atoms with Crippen LogP contribution < -0.4 is 14.8 Å². The second-order valence-corrected chi connectivity index (χ2v) is 5.93. The maximum absolute atomic E-state index is 12.2. The Bertz CT molecular complexity index is 560. The van der Waals surface area contributed by atoms with Crippen molar-refractivity contribution < 1.29 is 24.2 Å². The highest BCUT2D eigenvalue weighted by Crippen LogP contribution is 2.26. The topological polar surface area (TPSA) is 84.9 Å². The van der Waals surface area contributed by atoms with E-state index in [4.69, 9.17) is 9.47 Å². The fourth-order valence-corrected chi connectivity index (χ4v) is 3.01. The molecule has 0 radical (unpaired) electrons. The minimum atomic E-state index is -0.843. The molecule has 132 valence electrons. The third-order valence-electron chi connectivity index (χ3n) is 4.19. The summed E-state index contributed by atoms with van der Waals surface area (Å²) in [5.41, 5.74) is 0. The predicted octanol–water partition coefficient (Wildman–Crippen LogP) is 2.61. The van der Waals surface area contributed by atoms with Crippen molar-refractivity contribution in [3.63, 3.8) is 0 Å². The zero-order valence-corrected chi connectivity index (χ0v) is 14.0. The zero-order valence-electron chi connectivity index (χ0n) is 14.0. The Morgan fingerprint density at radius 2 is 1.79 bits per heavy atom. The number of carbonyl (C=O) groups excluding carboxylic acids is 1. The number of carboxylic acid groups (broad SMARTS) is 1. The van der Waals surface area contributed by atoms with Crippen molar-refractivity contribution in [1.29, 1.82) is 0 Å². The van der Waals surface area contributed by atoms with Crippen LogP contribution in [0.15, 0.2) is 24.3 Å². The van der Waals surface area contributed by atoms with Crippen molar-refractivity contribution in [3.05, 3.63) is 24.3 Å². The van der Waals surface area contributed by atoms with Gasteiger partial charge < -0.3 is 19.9 Å². The highest BCUT2D eigenvalue weighted by atomic mass is 16.5. The van der Waals surface area contributed by atoms with Crippen LogP contribution in [0.3, 0.4) is 0 Å². The standard InChI is InChI=1S/C18H25NO5/c1-2-23-15-10-6-7-11-16(15)24-12-17(20)19-14-9-5-3-4-8-13(14)18(21)22/h6-7,10-11,13-14H,2-5,8-9,12H2,1H3,(H,19,20)(H,21,22)/t13-,14+/m1/s1. The molecule has 0 heterocycles. The molecule has 6 heteroatoms. The molecule has 2 atom stereocenters. The Kier molecular flexibility index (Phi) is 6.90. The molecule has 1 aliphatic carbocycles. The van der Waals surface area contributed by atoms with Crippen LogP contribution in [0.4, 0.5) is 0 Å². The third-order valence-corrected chi connectivity index (χ3v) is 4.19. The van der Waals surface area contributed by atoms with Gasteiger partial charge in [-0.2, -0.15) is 0 Å². The molecular formula is C18H25NO5. The Labute approximate surface area is 142 Å². The summed E-state index contributed by atoms with van der Waals surface area (Å²) in [4.78, 5) is 23.6. The first-order chi connectivity index (χ1) is 11.6. The van der Waals surface area contributed by atoms with E-state index in [1.807, 2.05) is 19.1 Å². The summed E-state index contributed by atoms with van der Waals surface area (Å²) in [6, 6.07) is 6.83. The number of benzene rings is 1. The smallest absolute Gasteiger partial charge is 0.308 e. The van der Waals surface area contributed by atoms with Crippen molar-refractivity contribution >= 4 is 11.9 Å². The Morgan fingerprint density at radius 3 is 2.46 bits per heavy atom. The van der Waals surface area contributed by atoms with Gasteiger partial charge in [-0.25, -0.2) is 0 Å². The molecule has 6 nitrogen and oxygen atoms in total. The summed E-state index contributed by atoms with van der Waals surface area (Å²) >= 11 is 0. The molecule has 24 heavy (non-hydrogen) atoms. The van der Waals surface area contributed by atoms with Gasteiger partial charge in [0, 0.05) is 6.04 Å². The van der Waals surface area contributed by atoms with E-state index >= 15 is 0 Å². The van der Waals surface area contributed by atoms with Crippen LogP contribution in [0, 0.1) is 5.92 Å². The van der Waals surface area contributed by atoms with Crippen LogP contribution in [0.2, 0.25) is 0 Å². The van der Waals surface area contributed by atoms with Gasteiger partial charge in [-0.1, -0.05) is 31.4 Å². The molecule has 1 fully saturated rings. The second kappa shape index (κ2) is 9.15. The maximum Gasteiger partial charge on any atom is 0.308 e. The van der Waals surface area contributed by atoms with Crippen LogP contribution in [0.5, 0.6) is 11.5 Å². The SMILES string of the molecule is CCOc1ccccc1OCC(=O)N[C@H]1CCCCC[C@H]1C(=O)O. The average Bonchev–Trinajstić information content (AvgIpc) is 2.80. The van der Waals surface area contributed by atoms with Crippen molar-refractivity contribution in [3.8, 4) is 11.5 Å². The van der Waals surface area contributed by atoms with Gasteiger partial charge in [0.15, 0.2) is 18.1 Å². The largest absolute Gasteiger partial charge is 0.490 e. The minimum Gasteiger partial charge on any atom is -0.490 e. The number of hydrogen-bond donors (Lipinski definition) is 2. The van der Waals surface area contributed by atoms with E-state index < -0.39 is 11.9 Å². The minimum absolute atomic E-state index is 0.160. The number of hydrogen-bond acceptors (Lipinski definition) is 4. The zero-order chi connectivity index (χ0) is 17.4. The Hall–Kier alpha value is -2.24. The van der Waals surface area contributed by atoms with Gasteiger partial charge in [0.05, 0.1) is 12.5 Å². The number of nitrogens with one attached hydrogen (secondary N) is 1. The van der Waals surface area contributed by atoms with E-state index in [0.29, 0.717) is 30.9 Å². The van der Waals surface area contributed by atoms with Gasteiger partial charge in [0.25, 0.3) is 5.91 Å². The lowest BCUT2D eigenvalue weighted by atomic mass is 9.95. The summed E-state index contributed by atoms with van der Waals surface area (Å²) in [6.07, 6.45) is 4.13. The lowest BCUT2D eigenvalue weighted by Gasteiger charge is -2.23. The number of para-hydroxylation sites is 2. The molecule has 0 spiro atoms.